The van der Waals surface area contributed by atoms with Crippen molar-refractivity contribution >= 4 is 39.1 Å². The average Bonchev–Trinajstić information content (AvgIpc) is 3.06. The average molecular weight is 385 g/mol. The number of carbonyl (C=O) groups excluding carboxylic acids is 1. The largest absolute Gasteiger partial charge is 0.293 e. The fraction of sp³-hybridized carbons (Fsp3) is 0.250. The van der Waals surface area contributed by atoms with E-state index in [9.17, 15) is 9.59 Å². The highest BCUT2D eigenvalue weighted by molar-refractivity contribution is 7.99. The van der Waals surface area contributed by atoms with Crippen LogP contribution in [-0.4, -0.2) is 21.1 Å². The van der Waals surface area contributed by atoms with Crippen molar-refractivity contribution in [2.45, 2.75) is 32.0 Å². The van der Waals surface area contributed by atoms with Gasteiger partial charge in [-0.2, -0.15) is 0 Å². The zero-order valence-electron chi connectivity index (χ0n) is 14.8. The molecule has 6 heteroatoms. The monoisotopic (exact) mass is 384 g/mol. The van der Waals surface area contributed by atoms with Crippen LogP contribution < -0.4 is 5.56 Å². The molecule has 0 saturated heterocycles. The molecule has 3 rings (SSSR count). The van der Waals surface area contributed by atoms with Crippen LogP contribution >= 0.6 is 23.1 Å². The zero-order chi connectivity index (χ0) is 18.7. The molecule has 0 N–H and O–H groups in total. The molecule has 26 heavy (non-hydrogen) atoms. The van der Waals surface area contributed by atoms with Crippen LogP contribution in [0.1, 0.15) is 27.7 Å². The summed E-state index contributed by atoms with van der Waals surface area (Å²) in [5.41, 5.74) is 1.72. The predicted octanol–water partition coefficient (Wildman–Crippen LogP) is 4.49. The summed E-state index contributed by atoms with van der Waals surface area (Å²) < 4.78 is 1.59. The highest BCUT2D eigenvalue weighted by atomic mass is 32.2. The number of ketones is 1. The van der Waals surface area contributed by atoms with Gasteiger partial charge in [0.15, 0.2) is 10.9 Å². The molecule has 1 aromatic carbocycles. The van der Waals surface area contributed by atoms with E-state index in [1.165, 1.54) is 23.1 Å². The molecule has 134 valence electrons. The maximum atomic E-state index is 12.8. The molecule has 2 aromatic heterocycles. The SMILES string of the molecule is C=CCn1c(SCC(=O)c2ccc(C)cc2)nc2sc(CC)cc2c1=O. The summed E-state index contributed by atoms with van der Waals surface area (Å²) >= 11 is 2.84. The molecule has 2 heterocycles. The van der Waals surface area contributed by atoms with Crippen LogP contribution in [0, 0.1) is 6.92 Å². The minimum atomic E-state index is -0.0730. The van der Waals surface area contributed by atoms with Crippen molar-refractivity contribution in [3.63, 3.8) is 0 Å². The number of Topliss-reactive ketones (excluding diaryl/α,β-unsaturated/α-hetero) is 1. The standard InChI is InChI=1S/C20H20N2O2S2/c1-4-10-22-19(24)16-11-15(5-2)26-18(16)21-20(22)25-12-17(23)14-8-6-13(3)7-9-14/h4,6-9,11H,1,5,10,12H2,2-3H3. The highest BCUT2D eigenvalue weighted by Gasteiger charge is 2.15. The van der Waals surface area contributed by atoms with E-state index in [0.29, 0.717) is 22.7 Å². The van der Waals surface area contributed by atoms with Crippen LogP contribution in [0.5, 0.6) is 0 Å². The number of hydrogen-bond acceptors (Lipinski definition) is 5. The van der Waals surface area contributed by atoms with Gasteiger partial charge in [0.1, 0.15) is 4.83 Å². The minimum absolute atomic E-state index is 0.0231. The van der Waals surface area contributed by atoms with Gasteiger partial charge in [0.25, 0.3) is 5.56 Å². The van der Waals surface area contributed by atoms with Gasteiger partial charge in [0, 0.05) is 17.0 Å². The van der Waals surface area contributed by atoms with Crippen LogP contribution in [0.2, 0.25) is 0 Å². The Bertz CT molecular complexity index is 1020. The van der Waals surface area contributed by atoms with E-state index in [1.807, 2.05) is 37.3 Å². The minimum Gasteiger partial charge on any atom is -0.293 e. The first-order valence-electron chi connectivity index (χ1n) is 8.40. The van der Waals surface area contributed by atoms with Crippen LogP contribution in [0.25, 0.3) is 10.2 Å². The summed E-state index contributed by atoms with van der Waals surface area (Å²) in [5.74, 6) is 0.263. The molecule has 0 saturated carbocycles. The van der Waals surface area contributed by atoms with Crippen molar-refractivity contribution in [2.24, 2.45) is 0 Å². The molecular weight excluding hydrogens is 364 g/mol. The van der Waals surface area contributed by atoms with Gasteiger partial charge >= 0.3 is 0 Å². The number of aryl methyl sites for hydroxylation is 2. The third kappa shape index (κ3) is 3.81. The molecular formula is C20H20N2O2S2. The number of allylic oxidation sites excluding steroid dienone is 1. The number of hydrogen-bond donors (Lipinski definition) is 0. The third-order valence-electron chi connectivity index (χ3n) is 4.03. The number of rotatable bonds is 7. The van der Waals surface area contributed by atoms with Gasteiger partial charge in [-0.1, -0.05) is 54.6 Å². The van der Waals surface area contributed by atoms with Crippen molar-refractivity contribution in [2.75, 3.05) is 5.75 Å². The zero-order valence-corrected chi connectivity index (χ0v) is 16.5. The lowest BCUT2D eigenvalue weighted by Gasteiger charge is -2.09. The molecule has 0 spiro atoms. The van der Waals surface area contributed by atoms with Crippen molar-refractivity contribution in [1.29, 1.82) is 0 Å². The number of thiophene rings is 1. The van der Waals surface area contributed by atoms with E-state index in [-0.39, 0.29) is 17.1 Å². The van der Waals surface area contributed by atoms with Crippen molar-refractivity contribution in [1.82, 2.24) is 9.55 Å². The lowest BCUT2D eigenvalue weighted by Crippen LogP contribution is -2.22. The number of aromatic nitrogens is 2. The summed E-state index contributed by atoms with van der Waals surface area (Å²) in [6.45, 7) is 8.15. The van der Waals surface area contributed by atoms with Gasteiger partial charge in [0.2, 0.25) is 0 Å². The summed E-state index contributed by atoms with van der Waals surface area (Å²) in [4.78, 5) is 31.8. The molecule has 0 bridgehead atoms. The predicted molar refractivity (Wildman–Crippen MR) is 110 cm³/mol. The van der Waals surface area contributed by atoms with E-state index >= 15 is 0 Å². The van der Waals surface area contributed by atoms with E-state index in [0.717, 1.165) is 21.7 Å². The fourth-order valence-electron chi connectivity index (χ4n) is 2.57. The van der Waals surface area contributed by atoms with Gasteiger partial charge in [-0.3, -0.25) is 14.2 Å². The van der Waals surface area contributed by atoms with Gasteiger partial charge in [-0.15, -0.1) is 17.9 Å². The normalized spacial score (nSPS) is 11.0. The first-order chi connectivity index (χ1) is 12.5. The number of thioether (sulfide) groups is 1. The Kier molecular flexibility index (Phi) is 5.74. The Morgan fingerprint density at radius 1 is 1.35 bits per heavy atom. The van der Waals surface area contributed by atoms with Crippen molar-refractivity contribution in [3.8, 4) is 0 Å². The lowest BCUT2D eigenvalue weighted by atomic mass is 10.1. The van der Waals surface area contributed by atoms with Gasteiger partial charge in [0.05, 0.1) is 11.1 Å². The Morgan fingerprint density at radius 3 is 2.73 bits per heavy atom. The smallest absolute Gasteiger partial charge is 0.263 e. The maximum absolute atomic E-state index is 12.8. The first kappa shape index (κ1) is 18.6. The second-order valence-corrected chi connectivity index (χ2v) is 8.02. The topological polar surface area (TPSA) is 52.0 Å². The summed E-state index contributed by atoms with van der Waals surface area (Å²) in [6.07, 6.45) is 2.55. The van der Waals surface area contributed by atoms with E-state index in [1.54, 1.807) is 10.6 Å². The summed E-state index contributed by atoms with van der Waals surface area (Å²) in [6, 6.07) is 9.43. The Balaban J connectivity index is 1.91. The Morgan fingerprint density at radius 2 is 2.08 bits per heavy atom. The third-order valence-corrected chi connectivity index (χ3v) is 6.18. The lowest BCUT2D eigenvalue weighted by molar-refractivity contribution is 0.102. The molecule has 0 aliphatic heterocycles. The van der Waals surface area contributed by atoms with Crippen LogP contribution in [0.4, 0.5) is 0 Å². The Hall–Kier alpha value is -2.18. The second kappa shape index (κ2) is 8.01. The molecule has 0 radical (unpaired) electrons. The molecule has 0 aliphatic rings. The number of benzene rings is 1. The van der Waals surface area contributed by atoms with Crippen molar-refractivity contribution in [3.05, 3.63) is 69.3 Å². The van der Waals surface area contributed by atoms with E-state index in [4.69, 9.17) is 0 Å². The quantitative estimate of drug-likeness (QED) is 0.261. The number of carbonyl (C=O) groups is 1. The van der Waals surface area contributed by atoms with Crippen LogP contribution in [-0.2, 0) is 13.0 Å². The summed E-state index contributed by atoms with van der Waals surface area (Å²) in [5, 5.41) is 1.20. The Labute approximate surface area is 160 Å². The molecule has 0 amide bonds. The van der Waals surface area contributed by atoms with Crippen LogP contribution in [0.15, 0.2) is 52.9 Å². The molecule has 0 fully saturated rings. The van der Waals surface area contributed by atoms with Gasteiger partial charge in [-0.25, -0.2) is 4.98 Å². The maximum Gasteiger partial charge on any atom is 0.263 e. The number of fused-ring (bicyclic) bond motifs is 1. The van der Waals surface area contributed by atoms with Crippen molar-refractivity contribution < 1.29 is 4.79 Å². The van der Waals surface area contributed by atoms with Gasteiger partial charge in [-0.05, 0) is 19.4 Å². The fourth-order valence-corrected chi connectivity index (χ4v) is 4.49. The van der Waals surface area contributed by atoms with Gasteiger partial charge < -0.3 is 0 Å². The molecule has 3 aromatic rings. The molecule has 0 atom stereocenters. The van der Waals surface area contributed by atoms with E-state index in [2.05, 4.69) is 18.5 Å². The molecule has 4 nitrogen and oxygen atoms in total. The second-order valence-electron chi connectivity index (χ2n) is 5.96. The van der Waals surface area contributed by atoms with E-state index < -0.39 is 0 Å². The molecule has 0 aliphatic carbocycles. The summed E-state index contributed by atoms with van der Waals surface area (Å²) in [7, 11) is 0. The molecule has 0 unspecified atom stereocenters. The van der Waals surface area contributed by atoms with Crippen LogP contribution in [0.3, 0.4) is 0 Å². The first-order valence-corrected chi connectivity index (χ1v) is 10.2. The highest BCUT2D eigenvalue weighted by Crippen LogP contribution is 2.25. The number of nitrogens with zero attached hydrogens (tertiary/aromatic N) is 2.